The van der Waals surface area contributed by atoms with Gasteiger partial charge in [-0.1, -0.05) is 23.2 Å². The van der Waals surface area contributed by atoms with Crippen molar-refractivity contribution in [2.75, 3.05) is 0 Å². The van der Waals surface area contributed by atoms with Gasteiger partial charge in [0.15, 0.2) is 0 Å². The van der Waals surface area contributed by atoms with Crippen LogP contribution in [-0.4, -0.2) is 9.55 Å². The topological polar surface area (TPSA) is 41.6 Å². The number of fused-ring (bicyclic) bond motifs is 1. The first-order chi connectivity index (χ1) is 10.1. The van der Waals surface area contributed by atoms with E-state index in [0.717, 1.165) is 11.0 Å². The Labute approximate surface area is 136 Å². The van der Waals surface area contributed by atoms with Gasteiger partial charge in [0.2, 0.25) is 0 Å². The summed E-state index contributed by atoms with van der Waals surface area (Å²) in [5.41, 5.74) is 2.71. The van der Waals surface area contributed by atoms with Crippen molar-refractivity contribution in [3.63, 3.8) is 0 Å². The summed E-state index contributed by atoms with van der Waals surface area (Å²) in [5, 5.41) is 10.4. The number of alkyl halides is 1. The number of benzene rings is 2. The first-order valence-electron chi connectivity index (χ1n) is 6.07. The summed E-state index contributed by atoms with van der Waals surface area (Å²) < 4.78 is 1.84. The van der Waals surface area contributed by atoms with Crippen LogP contribution in [0.15, 0.2) is 36.4 Å². The molecule has 0 saturated heterocycles. The van der Waals surface area contributed by atoms with Gasteiger partial charge in [-0.2, -0.15) is 5.26 Å². The van der Waals surface area contributed by atoms with Crippen LogP contribution >= 0.6 is 34.8 Å². The highest BCUT2D eigenvalue weighted by atomic mass is 35.5. The quantitative estimate of drug-likeness (QED) is 0.622. The lowest BCUT2D eigenvalue weighted by molar-refractivity contribution is 0.978. The monoisotopic (exact) mass is 335 g/mol. The summed E-state index contributed by atoms with van der Waals surface area (Å²) >= 11 is 18.1. The van der Waals surface area contributed by atoms with Gasteiger partial charge in [-0.3, -0.25) is 4.57 Å². The normalized spacial score (nSPS) is 10.8. The summed E-state index contributed by atoms with van der Waals surface area (Å²) in [6.07, 6.45) is 0. The number of rotatable bonds is 2. The van der Waals surface area contributed by atoms with Crippen molar-refractivity contribution in [1.82, 2.24) is 9.55 Å². The molecule has 104 valence electrons. The van der Waals surface area contributed by atoms with Crippen LogP contribution in [-0.2, 0) is 5.88 Å². The van der Waals surface area contributed by atoms with Crippen molar-refractivity contribution in [2.24, 2.45) is 0 Å². The third kappa shape index (κ3) is 2.47. The first-order valence-corrected chi connectivity index (χ1v) is 7.36. The average molecular weight is 337 g/mol. The minimum atomic E-state index is 0.212. The highest BCUT2D eigenvalue weighted by Gasteiger charge is 2.15. The van der Waals surface area contributed by atoms with E-state index in [1.807, 2.05) is 10.6 Å². The van der Waals surface area contributed by atoms with E-state index in [9.17, 15) is 5.26 Å². The van der Waals surface area contributed by atoms with Crippen LogP contribution in [0.3, 0.4) is 0 Å². The predicted molar refractivity (Wildman–Crippen MR) is 85.4 cm³/mol. The molecule has 0 aliphatic carbocycles. The van der Waals surface area contributed by atoms with E-state index in [0.29, 0.717) is 27.1 Å². The summed E-state index contributed by atoms with van der Waals surface area (Å²) in [6.45, 7) is 0. The number of halogens is 3. The lowest BCUT2D eigenvalue weighted by Gasteiger charge is -2.10. The Morgan fingerprint density at radius 3 is 2.52 bits per heavy atom. The van der Waals surface area contributed by atoms with Gasteiger partial charge in [0, 0.05) is 10.0 Å². The molecule has 0 saturated carbocycles. The third-order valence-electron chi connectivity index (χ3n) is 3.13. The van der Waals surface area contributed by atoms with Crippen LogP contribution < -0.4 is 0 Å². The van der Waals surface area contributed by atoms with Crippen LogP contribution in [0.1, 0.15) is 11.4 Å². The molecule has 6 heteroatoms. The summed E-state index contributed by atoms with van der Waals surface area (Å²) in [5.74, 6) is 0.844. The van der Waals surface area contributed by atoms with Gasteiger partial charge in [-0.25, -0.2) is 4.98 Å². The van der Waals surface area contributed by atoms with Crippen molar-refractivity contribution in [2.45, 2.75) is 5.88 Å². The highest BCUT2D eigenvalue weighted by Crippen LogP contribution is 2.28. The number of hydrogen-bond donors (Lipinski definition) is 0. The molecular formula is C15H8Cl3N3. The molecule has 21 heavy (non-hydrogen) atoms. The summed E-state index contributed by atoms with van der Waals surface area (Å²) in [4.78, 5) is 4.47. The smallest absolute Gasteiger partial charge is 0.129 e. The van der Waals surface area contributed by atoms with Crippen molar-refractivity contribution in [3.8, 4) is 11.8 Å². The molecule has 0 fully saturated rings. The molecule has 3 aromatic rings. The van der Waals surface area contributed by atoms with Crippen molar-refractivity contribution in [1.29, 1.82) is 5.26 Å². The molecule has 2 aromatic carbocycles. The number of aromatic nitrogens is 2. The number of imidazole rings is 1. The Morgan fingerprint density at radius 1 is 1.10 bits per heavy atom. The zero-order valence-electron chi connectivity index (χ0n) is 10.6. The molecule has 0 amide bonds. The maximum atomic E-state index is 9.31. The lowest BCUT2D eigenvalue weighted by Crippen LogP contribution is -2.02. The fraction of sp³-hybridized carbons (Fsp3) is 0.0667. The van der Waals surface area contributed by atoms with E-state index < -0.39 is 0 Å². The molecule has 0 spiro atoms. The maximum Gasteiger partial charge on any atom is 0.129 e. The number of hydrogen-bond acceptors (Lipinski definition) is 2. The Bertz CT molecular complexity index is 878. The second-order valence-corrected chi connectivity index (χ2v) is 5.54. The average Bonchev–Trinajstić information content (AvgIpc) is 2.84. The summed E-state index contributed by atoms with van der Waals surface area (Å²) in [6, 6.07) is 12.6. The standard InChI is InChI=1S/C15H8Cl3N3/c16-7-15-20-12-5-10(17)3-4-13(12)21(15)14-6-11(18)2-1-9(14)8-19/h1-6H,7H2. The Hall–Kier alpha value is -1.73. The molecule has 1 heterocycles. The Balaban J connectivity index is 2.39. The summed E-state index contributed by atoms with van der Waals surface area (Å²) in [7, 11) is 0. The molecule has 0 unspecified atom stereocenters. The zero-order valence-corrected chi connectivity index (χ0v) is 12.9. The fourth-order valence-corrected chi connectivity index (χ4v) is 2.76. The van der Waals surface area contributed by atoms with Crippen LogP contribution in [0.5, 0.6) is 0 Å². The van der Waals surface area contributed by atoms with Crippen LogP contribution in [0.25, 0.3) is 16.7 Å². The van der Waals surface area contributed by atoms with Gasteiger partial charge in [0.25, 0.3) is 0 Å². The van der Waals surface area contributed by atoms with E-state index >= 15 is 0 Å². The van der Waals surface area contributed by atoms with Gasteiger partial charge < -0.3 is 0 Å². The number of nitrogens with zero attached hydrogens (tertiary/aromatic N) is 3. The molecule has 0 aliphatic heterocycles. The van der Waals surface area contributed by atoms with Crippen molar-refractivity contribution >= 4 is 45.8 Å². The third-order valence-corrected chi connectivity index (χ3v) is 3.84. The van der Waals surface area contributed by atoms with Crippen molar-refractivity contribution in [3.05, 3.63) is 57.8 Å². The molecular weight excluding hydrogens is 329 g/mol. The molecule has 0 bridgehead atoms. The molecule has 3 rings (SSSR count). The van der Waals surface area contributed by atoms with Gasteiger partial charge in [-0.15, -0.1) is 11.6 Å². The lowest BCUT2D eigenvalue weighted by atomic mass is 10.2. The zero-order chi connectivity index (χ0) is 15.0. The number of nitriles is 1. The highest BCUT2D eigenvalue weighted by molar-refractivity contribution is 6.31. The van der Waals surface area contributed by atoms with Crippen LogP contribution in [0, 0.1) is 11.3 Å². The van der Waals surface area contributed by atoms with E-state index in [1.54, 1.807) is 30.3 Å². The molecule has 3 nitrogen and oxygen atoms in total. The van der Waals surface area contributed by atoms with Gasteiger partial charge in [-0.05, 0) is 36.4 Å². The minimum Gasteiger partial charge on any atom is -0.294 e. The molecule has 0 atom stereocenters. The molecule has 0 aliphatic rings. The Kier molecular flexibility index (Phi) is 3.77. The Morgan fingerprint density at radius 2 is 1.81 bits per heavy atom. The molecule has 0 radical (unpaired) electrons. The maximum absolute atomic E-state index is 9.31. The minimum absolute atomic E-state index is 0.212. The van der Waals surface area contributed by atoms with E-state index in [2.05, 4.69) is 11.1 Å². The van der Waals surface area contributed by atoms with Gasteiger partial charge in [0.1, 0.15) is 11.9 Å². The van der Waals surface area contributed by atoms with E-state index in [1.165, 1.54) is 0 Å². The van der Waals surface area contributed by atoms with Gasteiger partial charge in [0.05, 0.1) is 28.2 Å². The second-order valence-electron chi connectivity index (χ2n) is 4.40. The second kappa shape index (κ2) is 5.57. The first kappa shape index (κ1) is 14.2. The molecule has 1 aromatic heterocycles. The van der Waals surface area contributed by atoms with E-state index in [-0.39, 0.29) is 5.88 Å². The predicted octanol–water partition coefficient (Wildman–Crippen LogP) is 4.94. The SMILES string of the molecule is N#Cc1ccc(Cl)cc1-n1c(CCl)nc2cc(Cl)ccc21. The van der Waals surface area contributed by atoms with Gasteiger partial charge >= 0.3 is 0 Å². The van der Waals surface area contributed by atoms with Crippen LogP contribution in [0.4, 0.5) is 0 Å². The van der Waals surface area contributed by atoms with E-state index in [4.69, 9.17) is 34.8 Å². The molecule has 0 N–H and O–H groups in total. The van der Waals surface area contributed by atoms with Crippen LogP contribution in [0.2, 0.25) is 10.0 Å². The largest absolute Gasteiger partial charge is 0.294 e. The van der Waals surface area contributed by atoms with Crippen molar-refractivity contribution < 1.29 is 0 Å². The fourth-order valence-electron chi connectivity index (χ4n) is 2.25.